The standard InChI is InChI=1S/C26H37N2.2C6H18NSi2.Ca.K/c1-16(2)21-12-10-13-22(17(3)4)25(21)27-20(9)28-26-23(18(5)6)14-11-15-24(26)19(7)8;2*1-8(2,3)7-9(4,5)6;;/h10-19H,1-9H3;2*1-6H3;;/q3*-1;+2;+1/p+1. The zero-order chi connectivity index (χ0) is 36.4. The average Bonchev–Trinajstić information content (AvgIpc) is 2.79. The van der Waals surface area contributed by atoms with E-state index in [4.69, 9.17) is 14.6 Å². The summed E-state index contributed by atoms with van der Waals surface area (Å²) in [5.41, 5.74) is 7.68. The van der Waals surface area contributed by atoms with Crippen LogP contribution in [-0.2, 0) is 0 Å². The first-order valence-corrected chi connectivity index (χ1v) is 31.4. The van der Waals surface area contributed by atoms with Crippen LogP contribution in [0.25, 0.3) is 14.6 Å². The molecule has 10 heteroatoms. The number of hydrogen-bond donors (Lipinski definition) is 1. The topological polar surface area (TPSA) is 56.3 Å². The van der Waals surface area contributed by atoms with Crippen LogP contribution < -0.4 is 56.4 Å². The monoisotopic (exact) mass is 777 g/mol. The van der Waals surface area contributed by atoms with Gasteiger partial charge in [-0.25, -0.2) is 5.32 Å². The molecular weight excluding hydrogens is 704 g/mol. The van der Waals surface area contributed by atoms with Crippen molar-refractivity contribution in [2.75, 3.05) is 0 Å². The van der Waals surface area contributed by atoms with Gasteiger partial charge < -0.3 is 14.3 Å². The van der Waals surface area contributed by atoms with Crippen molar-refractivity contribution < 1.29 is 56.4 Å². The summed E-state index contributed by atoms with van der Waals surface area (Å²) in [4.78, 5) is 3.67. The molecule has 2 rings (SSSR count). The third kappa shape index (κ3) is 24.0. The summed E-state index contributed by atoms with van der Waals surface area (Å²) >= 11 is 0. The Hall–Kier alpha value is 1.59. The van der Waals surface area contributed by atoms with E-state index in [0.717, 1.165) is 11.5 Å². The number of nitrogens with one attached hydrogen (secondary N) is 1. The minimum Gasteiger partial charge on any atom is -0.668 e. The molecule has 0 aliphatic heterocycles. The van der Waals surface area contributed by atoms with Gasteiger partial charge in [0.15, 0.2) is 0 Å². The summed E-state index contributed by atoms with van der Waals surface area (Å²) in [5, 5.41) is 5.10. The Kier molecular flexibility index (Phi) is 26.3. The predicted molar refractivity (Wildman–Crippen MR) is 229 cm³/mol. The Labute approximate surface area is 376 Å². The maximum Gasteiger partial charge on any atom is 2.00 e. The van der Waals surface area contributed by atoms with Crippen LogP contribution in [0, 0.1) is 0 Å². The largest absolute Gasteiger partial charge is 2.00 e. The molecular formula is C38H74CaKN4Si4+. The molecule has 0 atom stereocenters. The van der Waals surface area contributed by atoms with Crippen LogP contribution in [0.5, 0.6) is 0 Å². The first-order chi connectivity index (χ1) is 20.5. The number of para-hydroxylation sites is 2. The van der Waals surface area contributed by atoms with E-state index in [1.165, 1.54) is 27.9 Å². The fourth-order valence-corrected chi connectivity index (χ4v) is 21.8. The third-order valence-corrected chi connectivity index (χ3v) is 17.4. The molecule has 0 heterocycles. The first kappa shape index (κ1) is 53.9. The normalized spacial score (nSPS) is 12.6. The van der Waals surface area contributed by atoms with E-state index in [2.05, 4.69) is 182 Å². The molecule has 0 aliphatic carbocycles. The fraction of sp³-hybridized carbons (Fsp3) is 0.658. The molecule has 4 nitrogen and oxygen atoms in total. The van der Waals surface area contributed by atoms with Gasteiger partial charge in [0.05, 0.1) is 5.69 Å². The molecule has 0 amide bonds. The number of hydrogen-bond acceptors (Lipinski definition) is 0. The van der Waals surface area contributed by atoms with Gasteiger partial charge in [-0.3, -0.25) is 0 Å². The van der Waals surface area contributed by atoms with E-state index in [1.54, 1.807) is 0 Å². The van der Waals surface area contributed by atoms with Gasteiger partial charge in [-0.15, -0.1) is 0 Å². The maximum absolute atomic E-state index is 5.10. The van der Waals surface area contributed by atoms with Crippen LogP contribution in [0.2, 0.25) is 78.6 Å². The first-order valence-electron chi connectivity index (χ1n) is 17.6. The van der Waals surface area contributed by atoms with E-state index in [1.807, 2.05) is 0 Å². The Morgan fingerprint density at radius 2 is 0.750 bits per heavy atom. The molecule has 0 fully saturated rings. The molecule has 0 unspecified atom stereocenters. The number of rotatable bonds is 10. The molecule has 1 N–H and O–H groups in total. The molecule has 2 aromatic carbocycles. The summed E-state index contributed by atoms with van der Waals surface area (Å²) in [7, 11) is -4.42. The van der Waals surface area contributed by atoms with Crippen LogP contribution in [0.4, 0.5) is 11.4 Å². The van der Waals surface area contributed by atoms with Gasteiger partial charge in [-0.1, -0.05) is 203 Å². The number of nitrogens with zero attached hydrogens (tertiary/aromatic N) is 3. The van der Waals surface area contributed by atoms with Crippen molar-refractivity contribution in [1.82, 2.24) is 0 Å². The molecule has 0 spiro atoms. The van der Waals surface area contributed by atoms with Crippen molar-refractivity contribution in [1.29, 1.82) is 0 Å². The molecule has 48 heavy (non-hydrogen) atoms. The van der Waals surface area contributed by atoms with Crippen LogP contribution in [0.3, 0.4) is 0 Å². The van der Waals surface area contributed by atoms with Gasteiger partial charge in [0, 0.05) is 5.69 Å². The Bertz CT molecular complexity index is 1130. The second-order valence-corrected chi connectivity index (χ2v) is 37.1. The molecule has 0 aliphatic rings. The second-order valence-electron chi connectivity index (χ2n) is 17.9. The van der Waals surface area contributed by atoms with Crippen molar-refractivity contribution in [3.8, 4) is 0 Å². The zero-order valence-electron chi connectivity index (χ0n) is 35.8. The Balaban J connectivity index is -0.000000837. The summed E-state index contributed by atoms with van der Waals surface area (Å²) in [6.45, 7) is 47.6. The van der Waals surface area contributed by atoms with E-state index in [9.17, 15) is 0 Å². The minimum atomic E-state index is -1.11. The van der Waals surface area contributed by atoms with Gasteiger partial charge in [-0.05, 0) is 52.8 Å². The van der Waals surface area contributed by atoms with Crippen molar-refractivity contribution >= 4 is 87.9 Å². The number of amidine groups is 1. The number of benzene rings is 2. The maximum atomic E-state index is 5.10. The van der Waals surface area contributed by atoms with Gasteiger partial charge in [0.25, 0.3) is 0 Å². The van der Waals surface area contributed by atoms with E-state index in [0.29, 0.717) is 23.7 Å². The van der Waals surface area contributed by atoms with E-state index in [-0.39, 0.29) is 89.1 Å². The average molecular weight is 779 g/mol. The Morgan fingerprint density at radius 1 is 0.500 bits per heavy atom. The summed E-state index contributed by atoms with van der Waals surface area (Å²) in [6, 6.07) is 13.2. The summed E-state index contributed by atoms with van der Waals surface area (Å²) in [6.07, 6.45) is 0. The van der Waals surface area contributed by atoms with Crippen LogP contribution in [0.15, 0.2) is 36.4 Å². The Morgan fingerprint density at radius 3 is 0.958 bits per heavy atom. The van der Waals surface area contributed by atoms with Crippen molar-refractivity contribution in [2.24, 2.45) is 0 Å². The van der Waals surface area contributed by atoms with Crippen LogP contribution >= 0.6 is 0 Å². The quantitative estimate of drug-likeness (QED) is 0.142. The molecule has 0 aromatic heterocycles. The van der Waals surface area contributed by atoms with E-state index >= 15 is 0 Å². The summed E-state index contributed by atoms with van der Waals surface area (Å²) in [5.74, 6) is 2.76. The molecule has 264 valence electrons. The van der Waals surface area contributed by atoms with Crippen LogP contribution in [0.1, 0.15) is 108 Å². The minimum absolute atomic E-state index is 0. The smallest absolute Gasteiger partial charge is 0.668 e. The zero-order valence-corrected chi connectivity index (χ0v) is 45.2. The molecule has 2 aromatic rings. The van der Waals surface area contributed by atoms with E-state index < -0.39 is 32.9 Å². The predicted octanol–water partition coefficient (Wildman–Crippen LogP) is 9.70. The van der Waals surface area contributed by atoms with Crippen molar-refractivity contribution in [3.05, 3.63) is 73.3 Å². The third-order valence-electron chi connectivity index (χ3n) is 6.64. The van der Waals surface area contributed by atoms with Crippen molar-refractivity contribution in [3.63, 3.8) is 0 Å². The molecule has 0 saturated heterocycles. The van der Waals surface area contributed by atoms with Gasteiger partial charge in [0.1, 0.15) is 5.84 Å². The van der Waals surface area contributed by atoms with Gasteiger partial charge >= 0.3 is 89.1 Å². The van der Waals surface area contributed by atoms with Crippen LogP contribution in [-0.4, -0.2) is 76.5 Å². The molecule has 0 radical (unpaired) electrons. The molecule has 0 bridgehead atoms. The van der Waals surface area contributed by atoms with Crippen molar-refractivity contribution in [2.45, 2.75) is 165 Å². The second kappa shape index (κ2) is 23.4. The van der Waals surface area contributed by atoms with Gasteiger partial charge in [-0.2, -0.15) is 0 Å². The van der Waals surface area contributed by atoms with Gasteiger partial charge in [0.2, 0.25) is 0 Å². The molecule has 0 saturated carbocycles. The fourth-order valence-electron chi connectivity index (χ4n) is 5.73. The SMILES string of the molecule is CC([N-]c1c(C(C)C)cccc1C(C)C)=[NH+]c1c(C(C)C)cccc1C(C)C.C[Si](C)(C)[N-][Si](C)(C)C.C[Si](C)(C)[N-][Si](C)(C)C.[Ca+2].[K+]. The summed E-state index contributed by atoms with van der Waals surface area (Å²) < 4.78 is 9.64.